The summed E-state index contributed by atoms with van der Waals surface area (Å²) in [5.74, 6) is 2.68. The molecule has 2 rings (SSSR count). The van der Waals surface area contributed by atoms with E-state index in [2.05, 4.69) is 5.32 Å². The van der Waals surface area contributed by atoms with Crippen LogP contribution in [0.15, 0.2) is 0 Å². The van der Waals surface area contributed by atoms with Crippen LogP contribution in [0.4, 0.5) is 0 Å². The molecule has 1 N–H and O–H groups in total. The topological polar surface area (TPSA) is 38.3 Å². The number of carbonyl (C=O) groups excluding carboxylic acids is 1. The van der Waals surface area contributed by atoms with Crippen molar-refractivity contribution in [1.82, 2.24) is 5.32 Å². The Morgan fingerprint density at radius 3 is 2.93 bits per heavy atom. The SMILES string of the molecule is CO[C@]1(CNC(=O)C2CC2)CCSC1. The third-order valence-electron chi connectivity index (χ3n) is 3.03. The molecule has 0 unspecified atom stereocenters. The Balaban J connectivity index is 1.79. The van der Waals surface area contributed by atoms with Crippen molar-refractivity contribution in [2.75, 3.05) is 25.2 Å². The molecule has 0 spiro atoms. The van der Waals surface area contributed by atoms with Gasteiger partial charge in [0.2, 0.25) is 5.91 Å². The van der Waals surface area contributed by atoms with Crippen LogP contribution in [-0.2, 0) is 9.53 Å². The number of amides is 1. The van der Waals surface area contributed by atoms with Crippen LogP contribution in [0, 0.1) is 5.92 Å². The Hall–Kier alpha value is -0.220. The van der Waals surface area contributed by atoms with Crippen molar-refractivity contribution < 1.29 is 9.53 Å². The summed E-state index contributed by atoms with van der Waals surface area (Å²) in [7, 11) is 1.75. The minimum absolute atomic E-state index is 0.0881. The zero-order valence-corrected chi connectivity index (χ0v) is 9.36. The fourth-order valence-electron chi connectivity index (χ4n) is 1.70. The van der Waals surface area contributed by atoms with Gasteiger partial charge in [-0.15, -0.1) is 0 Å². The van der Waals surface area contributed by atoms with Crippen molar-refractivity contribution >= 4 is 17.7 Å². The first-order chi connectivity index (χ1) is 6.76. The molecule has 1 saturated heterocycles. The molecule has 0 bridgehead atoms. The summed E-state index contributed by atoms with van der Waals surface area (Å²) in [5.41, 5.74) is -0.0881. The first kappa shape index (κ1) is 10.3. The second-order valence-corrected chi connectivity index (χ2v) is 5.29. The molecule has 0 aromatic carbocycles. The summed E-state index contributed by atoms with van der Waals surface area (Å²) in [6.07, 6.45) is 3.19. The molecule has 1 amide bonds. The molecule has 2 aliphatic rings. The highest BCUT2D eigenvalue weighted by Crippen LogP contribution is 2.32. The predicted octanol–water partition coefficient (Wildman–Crippen LogP) is 1.03. The van der Waals surface area contributed by atoms with E-state index >= 15 is 0 Å². The van der Waals surface area contributed by atoms with Gasteiger partial charge in [-0.25, -0.2) is 0 Å². The standard InChI is InChI=1S/C10H17NO2S/c1-13-10(4-5-14-7-10)6-11-9(12)8-2-3-8/h8H,2-7H2,1H3,(H,11,12)/t10-/m0/s1. The molecule has 14 heavy (non-hydrogen) atoms. The summed E-state index contributed by atoms with van der Waals surface area (Å²) in [6, 6.07) is 0. The molecule has 2 fully saturated rings. The van der Waals surface area contributed by atoms with Crippen molar-refractivity contribution in [3.8, 4) is 0 Å². The van der Waals surface area contributed by atoms with Crippen LogP contribution in [0.1, 0.15) is 19.3 Å². The number of carbonyl (C=O) groups is 1. The molecule has 1 atom stereocenters. The predicted molar refractivity (Wildman–Crippen MR) is 57.4 cm³/mol. The second-order valence-electron chi connectivity index (χ2n) is 4.18. The third kappa shape index (κ3) is 2.23. The van der Waals surface area contributed by atoms with E-state index in [-0.39, 0.29) is 11.5 Å². The van der Waals surface area contributed by atoms with E-state index in [1.54, 1.807) is 7.11 Å². The molecule has 0 aromatic rings. The maximum absolute atomic E-state index is 11.4. The molecule has 0 aromatic heterocycles. The fraction of sp³-hybridized carbons (Fsp3) is 0.900. The van der Waals surface area contributed by atoms with E-state index in [1.807, 2.05) is 11.8 Å². The summed E-state index contributed by atoms with van der Waals surface area (Å²) >= 11 is 1.90. The highest BCUT2D eigenvalue weighted by molar-refractivity contribution is 7.99. The van der Waals surface area contributed by atoms with Gasteiger partial charge >= 0.3 is 0 Å². The number of rotatable bonds is 4. The molecule has 4 heteroatoms. The monoisotopic (exact) mass is 215 g/mol. The van der Waals surface area contributed by atoms with Gasteiger partial charge in [-0.1, -0.05) is 0 Å². The minimum atomic E-state index is -0.0881. The van der Waals surface area contributed by atoms with E-state index in [9.17, 15) is 4.79 Å². The molecule has 1 saturated carbocycles. The van der Waals surface area contributed by atoms with Crippen molar-refractivity contribution in [1.29, 1.82) is 0 Å². The van der Waals surface area contributed by atoms with Gasteiger partial charge in [0, 0.05) is 25.3 Å². The van der Waals surface area contributed by atoms with Crippen LogP contribution in [0.2, 0.25) is 0 Å². The molecule has 1 heterocycles. The molecule has 1 aliphatic heterocycles. The molecular weight excluding hydrogens is 198 g/mol. The largest absolute Gasteiger partial charge is 0.376 e. The highest BCUT2D eigenvalue weighted by atomic mass is 32.2. The van der Waals surface area contributed by atoms with Crippen LogP contribution in [-0.4, -0.2) is 36.7 Å². The smallest absolute Gasteiger partial charge is 0.223 e. The van der Waals surface area contributed by atoms with Crippen LogP contribution in [0.5, 0.6) is 0 Å². The lowest BCUT2D eigenvalue weighted by atomic mass is 10.0. The summed E-state index contributed by atoms with van der Waals surface area (Å²) in [6.45, 7) is 0.686. The fourth-order valence-corrected chi connectivity index (χ4v) is 3.10. The molecule has 80 valence electrons. The number of hydrogen-bond acceptors (Lipinski definition) is 3. The van der Waals surface area contributed by atoms with Gasteiger partial charge in [0.25, 0.3) is 0 Å². The summed E-state index contributed by atoms with van der Waals surface area (Å²) < 4.78 is 5.51. The van der Waals surface area contributed by atoms with Gasteiger partial charge in [-0.2, -0.15) is 11.8 Å². The zero-order valence-electron chi connectivity index (χ0n) is 8.54. The molecule has 1 aliphatic carbocycles. The normalized spacial score (nSPS) is 31.8. The van der Waals surface area contributed by atoms with Crippen LogP contribution in [0.3, 0.4) is 0 Å². The number of ether oxygens (including phenoxy) is 1. The van der Waals surface area contributed by atoms with Crippen molar-refractivity contribution in [3.63, 3.8) is 0 Å². The van der Waals surface area contributed by atoms with Gasteiger partial charge in [0.1, 0.15) is 0 Å². The van der Waals surface area contributed by atoms with E-state index in [4.69, 9.17) is 4.74 Å². The average molecular weight is 215 g/mol. The molecular formula is C10H17NO2S. The van der Waals surface area contributed by atoms with Gasteiger partial charge in [0.05, 0.1) is 5.60 Å². The third-order valence-corrected chi connectivity index (χ3v) is 4.26. The van der Waals surface area contributed by atoms with Gasteiger partial charge in [-0.05, 0) is 25.0 Å². The van der Waals surface area contributed by atoms with Gasteiger partial charge in [-0.3, -0.25) is 4.79 Å². The zero-order chi connectivity index (χ0) is 10.0. The molecule has 3 nitrogen and oxygen atoms in total. The quantitative estimate of drug-likeness (QED) is 0.761. The molecule has 0 radical (unpaired) electrons. The van der Waals surface area contributed by atoms with Gasteiger partial charge < -0.3 is 10.1 Å². The van der Waals surface area contributed by atoms with E-state index in [0.717, 1.165) is 30.8 Å². The number of hydrogen-bond donors (Lipinski definition) is 1. The Kier molecular flexibility index (Phi) is 3.02. The summed E-state index contributed by atoms with van der Waals surface area (Å²) in [4.78, 5) is 11.4. The average Bonchev–Trinajstić information content (AvgIpc) is 2.95. The van der Waals surface area contributed by atoms with Crippen LogP contribution >= 0.6 is 11.8 Å². The van der Waals surface area contributed by atoms with Crippen molar-refractivity contribution in [2.24, 2.45) is 5.92 Å². The summed E-state index contributed by atoms with van der Waals surface area (Å²) in [5, 5.41) is 3.00. The number of nitrogens with one attached hydrogen (secondary N) is 1. The highest BCUT2D eigenvalue weighted by Gasteiger charge is 2.36. The lowest BCUT2D eigenvalue weighted by Gasteiger charge is -2.26. The Morgan fingerprint density at radius 2 is 2.43 bits per heavy atom. The Labute approximate surface area is 89.0 Å². The minimum Gasteiger partial charge on any atom is -0.376 e. The first-order valence-electron chi connectivity index (χ1n) is 5.16. The number of thioether (sulfide) groups is 1. The Morgan fingerprint density at radius 1 is 1.64 bits per heavy atom. The maximum Gasteiger partial charge on any atom is 0.223 e. The van der Waals surface area contributed by atoms with Crippen LogP contribution in [0.25, 0.3) is 0 Å². The van der Waals surface area contributed by atoms with Crippen LogP contribution < -0.4 is 5.32 Å². The number of methoxy groups -OCH3 is 1. The second kappa shape index (κ2) is 4.11. The maximum atomic E-state index is 11.4. The van der Waals surface area contributed by atoms with E-state index < -0.39 is 0 Å². The Bertz CT molecular complexity index is 222. The van der Waals surface area contributed by atoms with Crippen molar-refractivity contribution in [3.05, 3.63) is 0 Å². The lowest BCUT2D eigenvalue weighted by Crippen LogP contribution is -2.45. The lowest BCUT2D eigenvalue weighted by molar-refractivity contribution is -0.123. The van der Waals surface area contributed by atoms with Crippen molar-refractivity contribution in [2.45, 2.75) is 24.9 Å². The first-order valence-corrected chi connectivity index (χ1v) is 6.32. The van der Waals surface area contributed by atoms with E-state index in [1.165, 1.54) is 0 Å². The van der Waals surface area contributed by atoms with Gasteiger partial charge in [0.15, 0.2) is 0 Å². The van der Waals surface area contributed by atoms with E-state index in [0.29, 0.717) is 12.5 Å².